The van der Waals surface area contributed by atoms with Crippen LogP contribution in [0.4, 0.5) is 5.69 Å². The van der Waals surface area contributed by atoms with Crippen LogP contribution in [0, 0.1) is 0 Å². The van der Waals surface area contributed by atoms with Gasteiger partial charge in [0.1, 0.15) is 12.3 Å². The highest BCUT2D eigenvalue weighted by Gasteiger charge is 2.22. The second-order valence-corrected chi connectivity index (χ2v) is 6.76. The highest BCUT2D eigenvalue weighted by molar-refractivity contribution is 8.00. The van der Waals surface area contributed by atoms with Crippen molar-refractivity contribution in [1.82, 2.24) is 4.90 Å². The number of nitrogens with zero attached hydrogens (tertiary/aromatic N) is 1. The number of hydrogen-bond donors (Lipinski definition) is 1. The molecule has 1 fully saturated rings. The van der Waals surface area contributed by atoms with Gasteiger partial charge in [0.05, 0.1) is 18.7 Å². The molecular weight excluding hydrogens is 336 g/mol. The maximum atomic E-state index is 12.2. The van der Waals surface area contributed by atoms with E-state index in [9.17, 15) is 9.59 Å². The van der Waals surface area contributed by atoms with Crippen LogP contribution in [0.15, 0.2) is 48.5 Å². The Morgan fingerprint density at radius 1 is 1.24 bits per heavy atom. The Hall–Kier alpha value is -2.47. The van der Waals surface area contributed by atoms with Crippen LogP contribution in [0.1, 0.15) is 11.1 Å². The Balaban J connectivity index is 1.70. The van der Waals surface area contributed by atoms with Gasteiger partial charge >= 0.3 is 0 Å². The summed E-state index contributed by atoms with van der Waals surface area (Å²) in [6.45, 7) is 0.0892. The molecule has 0 radical (unpaired) electrons. The molecule has 0 spiro atoms. The van der Waals surface area contributed by atoms with Gasteiger partial charge in [-0.3, -0.25) is 9.59 Å². The first kappa shape index (κ1) is 17.4. The van der Waals surface area contributed by atoms with Crippen LogP contribution in [0.3, 0.4) is 0 Å². The molecule has 1 aliphatic heterocycles. The van der Waals surface area contributed by atoms with Crippen molar-refractivity contribution >= 4 is 29.3 Å². The summed E-state index contributed by atoms with van der Waals surface area (Å²) in [7, 11) is 1.64. The van der Waals surface area contributed by atoms with Crippen LogP contribution in [0.25, 0.3) is 0 Å². The van der Waals surface area contributed by atoms with Crippen LogP contribution in [0.5, 0.6) is 5.75 Å². The number of nitrogens with one attached hydrogen (secondary N) is 1. The Kier molecular flexibility index (Phi) is 5.60. The lowest BCUT2D eigenvalue weighted by atomic mass is 10.0. The number of benzene rings is 2. The third-order valence-electron chi connectivity index (χ3n) is 3.96. The van der Waals surface area contributed by atoms with E-state index in [1.54, 1.807) is 12.0 Å². The average Bonchev–Trinajstić information content (AvgIpc) is 3.01. The molecule has 0 atom stereocenters. The number of thioether (sulfide) groups is 1. The van der Waals surface area contributed by atoms with Crippen molar-refractivity contribution < 1.29 is 14.3 Å². The standard InChI is InChI=1S/C19H20N2O3S/c1-24-17-8-7-16(10-15(17)9-14-5-3-2-4-6-14)20-18(22)11-21-13-25-12-19(21)23/h2-8,10H,9,11-13H2,1H3,(H,20,22). The minimum absolute atomic E-state index is 0.0136. The van der Waals surface area contributed by atoms with Gasteiger partial charge in [-0.1, -0.05) is 30.3 Å². The molecule has 0 aliphatic carbocycles. The van der Waals surface area contributed by atoms with Gasteiger partial charge in [0.25, 0.3) is 0 Å². The van der Waals surface area contributed by atoms with Gasteiger partial charge in [0, 0.05) is 17.7 Å². The number of anilines is 1. The molecule has 0 aromatic heterocycles. The Bertz CT molecular complexity index is 765. The Labute approximate surface area is 151 Å². The van der Waals surface area contributed by atoms with Crippen LogP contribution < -0.4 is 10.1 Å². The number of amides is 2. The number of carbonyl (C=O) groups is 2. The van der Waals surface area contributed by atoms with E-state index in [0.29, 0.717) is 17.3 Å². The lowest BCUT2D eigenvalue weighted by molar-refractivity contribution is -0.130. The number of ether oxygens (including phenoxy) is 1. The molecule has 2 aromatic rings. The fraction of sp³-hybridized carbons (Fsp3) is 0.263. The molecule has 1 heterocycles. The number of hydrogen-bond acceptors (Lipinski definition) is 4. The third kappa shape index (κ3) is 4.54. The molecule has 1 saturated heterocycles. The monoisotopic (exact) mass is 356 g/mol. The first-order valence-electron chi connectivity index (χ1n) is 8.02. The van der Waals surface area contributed by atoms with Crippen LogP contribution in [0.2, 0.25) is 0 Å². The van der Waals surface area contributed by atoms with E-state index in [4.69, 9.17) is 4.74 Å². The molecule has 25 heavy (non-hydrogen) atoms. The van der Waals surface area contributed by atoms with Gasteiger partial charge in [0.15, 0.2) is 0 Å². The van der Waals surface area contributed by atoms with Gasteiger partial charge in [-0.25, -0.2) is 0 Å². The van der Waals surface area contributed by atoms with Crippen molar-refractivity contribution in [3.63, 3.8) is 0 Å². The fourth-order valence-corrected chi connectivity index (χ4v) is 3.63. The summed E-state index contributed by atoms with van der Waals surface area (Å²) in [5.41, 5.74) is 2.87. The molecule has 1 N–H and O–H groups in total. The van der Waals surface area contributed by atoms with Crippen molar-refractivity contribution in [1.29, 1.82) is 0 Å². The van der Waals surface area contributed by atoms with E-state index >= 15 is 0 Å². The molecular formula is C19H20N2O3S. The van der Waals surface area contributed by atoms with Crippen LogP contribution in [-0.2, 0) is 16.0 Å². The normalized spacial score (nSPS) is 13.8. The number of methoxy groups -OCH3 is 1. The van der Waals surface area contributed by atoms with Gasteiger partial charge in [-0.2, -0.15) is 0 Å². The smallest absolute Gasteiger partial charge is 0.244 e. The van der Waals surface area contributed by atoms with Crippen molar-refractivity contribution in [3.8, 4) is 5.75 Å². The third-order valence-corrected chi connectivity index (χ3v) is 4.91. The van der Waals surface area contributed by atoms with E-state index in [0.717, 1.165) is 17.7 Å². The lowest BCUT2D eigenvalue weighted by Gasteiger charge is -2.15. The van der Waals surface area contributed by atoms with Crippen LogP contribution >= 0.6 is 11.8 Å². The van der Waals surface area contributed by atoms with Crippen molar-refractivity contribution in [2.75, 3.05) is 30.6 Å². The maximum Gasteiger partial charge on any atom is 0.244 e. The topological polar surface area (TPSA) is 58.6 Å². The van der Waals surface area contributed by atoms with Crippen LogP contribution in [-0.4, -0.2) is 42.0 Å². The molecule has 2 amide bonds. The Morgan fingerprint density at radius 2 is 2.04 bits per heavy atom. The van der Waals surface area contributed by atoms with Crippen molar-refractivity contribution in [2.45, 2.75) is 6.42 Å². The molecule has 130 valence electrons. The van der Waals surface area contributed by atoms with E-state index < -0.39 is 0 Å². The number of carbonyl (C=O) groups excluding carboxylic acids is 2. The molecule has 0 unspecified atom stereocenters. The minimum atomic E-state index is -0.188. The van der Waals surface area contributed by atoms with E-state index in [1.165, 1.54) is 17.3 Å². The second-order valence-electron chi connectivity index (χ2n) is 5.81. The average molecular weight is 356 g/mol. The van der Waals surface area contributed by atoms with E-state index in [-0.39, 0.29) is 18.4 Å². The summed E-state index contributed by atoms with van der Waals surface area (Å²) in [6, 6.07) is 15.7. The first-order valence-corrected chi connectivity index (χ1v) is 9.17. The van der Waals surface area contributed by atoms with Gasteiger partial charge < -0.3 is 15.0 Å². The largest absolute Gasteiger partial charge is 0.496 e. The highest BCUT2D eigenvalue weighted by Crippen LogP contribution is 2.25. The van der Waals surface area contributed by atoms with Gasteiger partial charge in [-0.15, -0.1) is 11.8 Å². The molecule has 5 nitrogen and oxygen atoms in total. The zero-order valence-electron chi connectivity index (χ0n) is 14.0. The first-order chi connectivity index (χ1) is 12.2. The summed E-state index contributed by atoms with van der Waals surface area (Å²) in [6.07, 6.45) is 0.717. The zero-order valence-corrected chi connectivity index (χ0v) is 14.8. The van der Waals surface area contributed by atoms with E-state index in [1.807, 2.05) is 36.4 Å². The quantitative estimate of drug-likeness (QED) is 0.865. The predicted octanol–water partition coefficient (Wildman–Crippen LogP) is 2.76. The van der Waals surface area contributed by atoms with Gasteiger partial charge in [0.2, 0.25) is 11.8 Å². The zero-order chi connectivity index (χ0) is 17.6. The lowest BCUT2D eigenvalue weighted by Crippen LogP contribution is -2.34. The summed E-state index contributed by atoms with van der Waals surface area (Å²) in [5.74, 6) is 1.64. The maximum absolute atomic E-state index is 12.2. The Morgan fingerprint density at radius 3 is 2.72 bits per heavy atom. The highest BCUT2D eigenvalue weighted by atomic mass is 32.2. The SMILES string of the molecule is COc1ccc(NC(=O)CN2CSCC2=O)cc1Cc1ccccc1. The van der Waals surface area contributed by atoms with Gasteiger partial charge in [-0.05, 0) is 23.8 Å². The van der Waals surface area contributed by atoms with E-state index in [2.05, 4.69) is 17.4 Å². The molecule has 3 rings (SSSR count). The molecule has 0 saturated carbocycles. The molecule has 1 aliphatic rings. The van der Waals surface area contributed by atoms with Crippen molar-refractivity contribution in [2.24, 2.45) is 0 Å². The molecule has 2 aromatic carbocycles. The van der Waals surface area contributed by atoms with Crippen molar-refractivity contribution in [3.05, 3.63) is 59.7 Å². The summed E-state index contributed by atoms with van der Waals surface area (Å²) < 4.78 is 5.43. The minimum Gasteiger partial charge on any atom is -0.496 e. The predicted molar refractivity (Wildman–Crippen MR) is 99.9 cm³/mol. The molecule has 0 bridgehead atoms. The fourth-order valence-electron chi connectivity index (χ4n) is 2.72. The second kappa shape index (κ2) is 8.07. The summed E-state index contributed by atoms with van der Waals surface area (Å²) in [5, 5.41) is 2.87. The summed E-state index contributed by atoms with van der Waals surface area (Å²) >= 11 is 1.53. The number of rotatable bonds is 6. The molecule has 6 heteroatoms. The summed E-state index contributed by atoms with van der Waals surface area (Å²) in [4.78, 5) is 25.4.